The van der Waals surface area contributed by atoms with Crippen LogP contribution in [0.1, 0.15) is 60.9 Å². The summed E-state index contributed by atoms with van der Waals surface area (Å²) >= 11 is 12.1. The fourth-order valence-electron chi connectivity index (χ4n) is 3.74. The molecule has 2 aliphatic rings. The summed E-state index contributed by atoms with van der Waals surface area (Å²) in [4.78, 5) is 8.83. The molecule has 0 bridgehead atoms. The van der Waals surface area contributed by atoms with E-state index < -0.39 is 10.0 Å². The molecule has 0 radical (unpaired) electrons. The van der Waals surface area contributed by atoms with Crippen molar-refractivity contribution < 1.29 is 17.4 Å². The van der Waals surface area contributed by atoms with Crippen LogP contribution in [0, 0.1) is 0 Å². The molecule has 0 atom stereocenters. The quantitative estimate of drug-likeness (QED) is 0.512. The minimum atomic E-state index is -3.73. The second-order valence-electron chi connectivity index (χ2n) is 7.92. The lowest BCUT2D eigenvalue weighted by atomic mass is 9.98. The minimum absolute atomic E-state index is 0.000663. The number of aromatic nitrogens is 3. The standard InChI is InChI=1S/C20H20Cl2N4O4S/c21-14-3-4-16(22)17(9-14)31(27,28)26-7-5-13(6-8-26)20-24-18(25-30-20)10-15-11-23-19(29-15)12-1-2-12/h3-4,9,11-13H,1-2,5-8,10H2. The molecular formula is C20H20Cl2N4O4S. The van der Waals surface area contributed by atoms with Crippen LogP contribution in [0.15, 0.2) is 38.2 Å². The summed E-state index contributed by atoms with van der Waals surface area (Å²) in [5.74, 6) is 3.02. The Hall–Kier alpha value is -1.94. The smallest absolute Gasteiger partial charge is 0.244 e. The molecule has 31 heavy (non-hydrogen) atoms. The number of piperidine rings is 1. The van der Waals surface area contributed by atoms with E-state index in [9.17, 15) is 8.42 Å². The van der Waals surface area contributed by atoms with Crippen LogP contribution in [-0.2, 0) is 16.4 Å². The Morgan fingerprint density at radius 1 is 1.06 bits per heavy atom. The minimum Gasteiger partial charge on any atom is -0.445 e. The van der Waals surface area contributed by atoms with E-state index in [1.807, 2.05) is 0 Å². The number of halogens is 2. The third-order valence-corrected chi connectivity index (χ3v) is 8.24. The summed E-state index contributed by atoms with van der Waals surface area (Å²) in [5, 5.41) is 4.54. The van der Waals surface area contributed by atoms with Gasteiger partial charge in [-0.1, -0.05) is 28.4 Å². The van der Waals surface area contributed by atoms with Crippen molar-refractivity contribution in [1.82, 2.24) is 19.4 Å². The first kappa shape index (κ1) is 20.9. The number of nitrogens with zero attached hydrogens (tertiary/aromatic N) is 4. The molecule has 164 valence electrons. The van der Waals surface area contributed by atoms with Gasteiger partial charge in [0.15, 0.2) is 11.7 Å². The van der Waals surface area contributed by atoms with E-state index in [0.29, 0.717) is 60.8 Å². The lowest BCUT2D eigenvalue weighted by Crippen LogP contribution is -2.38. The van der Waals surface area contributed by atoms with E-state index in [-0.39, 0.29) is 15.8 Å². The zero-order valence-corrected chi connectivity index (χ0v) is 18.8. The molecule has 11 heteroatoms. The maximum absolute atomic E-state index is 13.0. The molecule has 1 aromatic carbocycles. The Balaban J connectivity index is 1.23. The van der Waals surface area contributed by atoms with Gasteiger partial charge in [0.2, 0.25) is 15.9 Å². The molecule has 1 aliphatic carbocycles. The molecule has 5 rings (SSSR count). The predicted molar refractivity (Wildman–Crippen MR) is 113 cm³/mol. The van der Waals surface area contributed by atoms with Crippen LogP contribution in [0.5, 0.6) is 0 Å². The number of sulfonamides is 1. The van der Waals surface area contributed by atoms with E-state index in [2.05, 4.69) is 15.1 Å². The van der Waals surface area contributed by atoms with E-state index >= 15 is 0 Å². The zero-order valence-electron chi connectivity index (χ0n) is 16.5. The Morgan fingerprint density at radius 3 is 2.55 bits per heavy atom. The van der Waals surface area contributed by atoms with Crippen LogP contribution in [0.2, 0.25) is 10.0 Å². The summed E-state index contributed by atoms with van der Waals surface area (Å²) in [5.41, 5.74) is 0. The summed E-state index contributed by atoms with van der Waals surface area (Å²) in [6.07, 6.45) is 5.55. The highest BCUT2D eigenvalue weighted by Crippen LogP contribution is 2.39. The molecule has 8 nitrogen and oxygen atoms in total. The largest absolute Gasteiger partial charge is 0.445 e. The van der Waals surface area contributed by atoms with Crippen LogP contribution in [0.25, 0.3) is 0 Å². The fourth-order valence-corrected chi connectivity index (χ4v) is 5.95. The van der Waals surface area contributed by atoms with Crippen molar-refractivity contribution in [2.24, 2.45) is 0 Å². The van der Waals surface area contributed by atoms with Gasteiger partial charge in [-0.15, -0.1) is 0 Å². The molecule has 1 saturated heterocycles. The number of hydrogen-bond donors (Lipinski definition) is 0. The van der Waals surface area contributed by atoms with Crippen LogP contribution in [0.4, 0.5) is 0 Å². The zero-order chi connectivity index (χ0) is 21.6. The SMILES string of the molecule is O=S(=O)(c1cc(Cl)ccc1Cl)N1CCC(c2nc(Cc3cnc(C4CC4)o3)no2)CC1. The van der Waals surface area contributed by atoms with Gasteiger partial charge in [-0.25, -0.2) is 13.4 Å². The van der Waals surface area contributed by atoms with Gasteiger partial charge in [-0.2, -0.15) is 9.29 Å². The topological polar surface area (TPSA) is 102 Å². The molecule has 3 aromatic rings. The molecule has 3 heterocycles. The van der Waals surface area contributed by atoms with Crippen molar-refractivity contribution in [2.45, 2.75) is 48.8 Å². The number of benzene rings is 1. The second kappa shape index (κ2) is 8.20. The summed E-state index contributed by atoms with van der Waals surface area (Å²) in [6.45, 7) is 0.667. The lowest BCUT2D eigenvalue weighted by molar-refractivity contribution is 0.270. The van der Waals surface area contributed by atoms with E-state index in [1.54, 1.807) is 12.3 Å². The highest BCUT2D eigenvalue weighted by atomic mass is 35.5. The molecule has 0 unspecified atom stereocenters. The number of hydrogen-bond acceptors (Lipinski definition) is 7. The molecule has 0 N–H and O–H groups in total. The first-order valence-corrected chi connectivity index (χ1v) is 12.3. The van der Waals surface area contributed by atoms with Crippen molar-refractivity contribution in [3.63, 3.8) is 0 Å². The van der Waals surface area contributed by atoms with Crippen molar-refractivity contribution in [3.05, 3.63) is 57.8 Å². The summed E-state index contributed by atoms with van der Waals surface area (Å²) in [7, 11) is -3.73. The molecule has 1 saturated carbocycles. The first-order chi connectivity index (χ1) is 14.9. The number of rotatable bonds is 6. The Labute approximate surface area is 189 Å². The van der Waals surface area contributed by atoms with Gasteiger partial charge in [0.25, 0.3) is 0 Å². The van der Waals surface area contributed by atoms with Gasteiger partial charge in [0, 0.05) is 29.9 Å². The fraction of sp³-hybridized carbons (Fsp3) is 0.450. The Morgan fingerprint density at radius 2 is 1.81 bits per heavy atom. The van der Waals surface area contributed by atoms with Crippen LogP contribution < -0.4 is 0 Å². The maximum atomic E-state index is 13.0. The molecule has 1 aliphatic heterocycles. The third-order valence-electron chi connectivity index (χ3n) is 5.63. The van der Waals surface area contributed by atoms with Crippen LogP contribution in [-0.4, -0.2) is 40.9 Å². The van der Waals surface area contributed by atoms with E-state index in [4.69, 9.17) is 32.1 Å². The van der Waals surface area contributed by atoms with Gasteiger partial charge in [-0.3, -0.25) is 0 Å². The summed E-state index contributed by atoms with van der Waals surface area (Å²) < 4.78 is 38.6. The lowest BCUT2D eigenvalue weighted by Gasteiger charge is -2.29. The van der Waals surface area contributed by atoms with Gasteiger partial charge >= 0.3 is 0 Å². The molecule has 2 fully saturated rings. The van der Waals surface area contributed by atoms with E-state index in [1.165, 1.54) is 16.4 Å². The van der Waals surface area contributed by atoms with Gasteiger partial charge in [0.05, 0.1) is 17.6 Å². The van der Waals surface area contributed by atoms with Crippen molar-refractivity contribution in [3.8, 4) is 0 Å². The van der Waals surface area contributed by atoms with Crippen LogP contribution in [0.3, 0.4) is 0 Å². The third kappa shape index (κ3) is 4.37. The molecule has 0 spiro atoms. The predicted octanol–water partition coefficient (Wildman–Crippen LogP) is 4.40. The normalized spacial score (nSPS) is 18.5. The molecule has 0 amide bonds. The average Bonchev–Trinajstić information content (AvgIpc) is 3.33. The van der Waals surface area contributed by atoms with Gasteiger partial charge in [0.1, 0.15) is 10.7 Å². The number of oxazole rings is 1. The monoisotopic (exact) mass is 482 g/mol. The highest BCUT2D eigenvalue weighted by molar-refractivity contribution is 7.89. The highest BCUT2D eigenvalue weighted by Gasteiger charge is 2.33. The average molecular weight is 483 g/mol. The van der Waals surface area contributed by atoms with Crippen molar-refractivity contribution in [2.75, 3.05) is 13.1 Å². The molecule has 2 aromatic heterocycles. The maximum Gasteiger partial charge on any atom is 0.244 e. The first-order valence-electron chi connectivity index (χ1n) is 10.1. The Bertz CT molecular complexity index is 1200. The van der Waals surface area contributed by atoms with Gasteiger partial charge < -0.3 is 8.94 Å². The van der Waals surface area contributed by atoms with Gasteiger partial charge in [-0.05, 0) is 43.9 Å². The van der Waals surface area contributed by atoms with Crippen molar-refractivity contribution >= 4 is 33.2 Å². The summed E-state index contributed by atoms with van der Waals surface area (Å²) in [6, 6.07) is 4.44. The Kier molecular flexibility index (Phi) is 5.54. The van der Waals surface area contributed by atoms with Crippen molar-refractivity contribution in [1.29, 1.82) is 0 Å². The van der Waals surface area contributed by atoms with Crippen LogP contribution >= 0.6 is 23.2 Å². The van der Waals surface area contributed by atoms with E-state index in [0.717, 1.165) is 18.7 Å². The second-order valence-corrected chi connectivity index (χ2v) is 10.7. The molecular weight excluding hydrogens is 463 g/mol.